The fourth-order valence-corrected chi connectivity index (χ4v) is 4.27. The average molecular weight is 541 g/mol. The lowest BCUT2D eigenvalue weighted by atomic mass is 10.1. The molecule has 0 saturated carbocycles. The predicted octanol–water partition coefficient (Wildman–Crippen LogP) is 5.92. The summed E-state index contributed by atoms with van der Waals surface area (Å²) in [4.78, 5) is 7.43. The van der Waals surface area contributed by atoms with Crippen molar-refractivity contribution in [1.82, 2.24) is 9.97 Å². The smallest absolute Gasteiger partial charge is 0.434 e. The van der Waals surface area contributed by atoms with Gasteiger partial charge in [0.05, 0.1) is 15.9 Å². The van der Waals surface area contributed by atoms with Crippen molar-refractivity contribution >= 4 is 33.2 Å². The van der Waals surface area contributed by atoms with E-state index in [-0.39, 0.29) is 4.90 Å². The van der Waals surface area contributed by atoms with Crippen molar-refractivity contribution in [3.05, 3.63) is 78.1 Å². The zero-order valence-corrected chi connectivity index (χ0v) is 19.3. The van der Waals surface area contributed by atoms with E-state index in [9.17, 15) is 34.8 Å². The average Bonchev–Trinajstić information content (AvgIpc) is 3.22. The van der Waals surface area contributed by atoms with E-state index in [1.54, 1.807) is 48.6 Å². The largest absolute Gasteiger partial charge is 0.471 e. The van der Waals surface area contributed by atoms with Gasteiger partial charge in [0.1, 0.15) is 11.6 Å². The lowest BCUT2D eigenvalue weighted by Crippen LogP contribution is -2.46. The summed E-state index contributed by atoms with van der Waals surface area (Å²) in [5, 5.41) is 5.31. The van der Waals surface area contributed by atoms with E-state index in [0.717, 1.165) is 12.1 Å². The number of primary sulfonamides is 1. The topological polar surface area (TPSA) is 98.1 Å². The third kappa shape index (κ3) is 6.12. The molecule has 0 saturated heterocycles. The van der Waals surface area contributed by atoms with E-state index in [0.29, 0.717) is 33.5 Å². The Morgan fingerprint density at radius 1 is 0.892 bits per heavy atom. The summed E-state index contributed by atoms with van der Waals surface area (Å²) in [5.41, 5.74) is 2.62. The van der Waals surface area contributed by atoms with Gasteiger partial charge in [0.15, 0.2) is 0 Å². The van der Waals surface area contributed by atoms with Gasteiger partial charge in [0, 0.05) is 5.56 Å². The number of alkyl halides is 6. The van der Waals surface area contributed by atoms with Gasteiger partial charge in [-0.3, -0.25) is 0 Å². The zero-order valence-electron chi connectivity index (χ0n) is 18.5. The highest BCUT2D eigenvalue weighted by molar-refractivity contribution is 7.89. The van der Waals surface area contributed by atoms with E-state index in [2.05, 4.69) is 14.7 Å². The number of rotatable bonds is 6. The summed E-state index contributed by atoms with van der Waals surface area (Å²) >= 11 is 0. The van der Waals surface area contributed by atoms with E-state index in [4.69, 9.17) is 5.14 Å². The van der Waals surface area contributed by atoms with Gasteiger partial charge in [-0.2, -0.15) is 26.3 Å². The maximum Gasteiger partial charge on any atom is 0.434 e. The first kappa shape index (κ1) is 26.2. The number of imidazole rings is 1. The third-order valence-electron chi connectivity index (χ3n) is 5.17. The molecule has 0 aliphatic rings. The van der Waals surface area contributed by atoms with Gasteiger partial charge in [-0.1, -0.05) is 42.5 Å². The molecular formula is C24H17F6N3O3S. The second-order valence-corrected chi connectivity index (χ2v) is 9.41. The molecule has 3 aromatic carbocycles. The summed E-state index contributed by atoms with van der Waals surface area (Å²) in [6, 6.07) is 15.9. The number of sulfonamides is 1. The molecule has 0 radical (unpaired) electrons. The number of halogens is 6. The van der Waals surface area contributed by atoms with Crippen LogP contribution in [0.15, 0.2) is 71.6 Å². The van der Waals surface area contributed by atoms with E-state index in [1.807, 2.05) is 0 Å². The highest BCUT2D eigenvalue weighted by Gasteiger charge is 2.59. The molecule has 6 nitrogen and oxygen atoms in total. The second-order valence-electron chi connectivity index (χ2n) is 7.88. The molecule has 0 bridgehead atoms. The minimum Gasteiger partial charge on any atom is -0.471 e. The molecule has 3 N–H and O–H groups in total. The molecule has 37 heavy (non-hydrogen) atoms. The third-order valence-corrected chi connectivity index (χ3v) is 6.14. The van der Waals surface area contributed by atoms with Gasteiger partial charge in [-0.25, -0.2) is 18.5 Å². The molecule has 0 fully saturated rings. The maximum atomic E-state index is 12.7. The number of ether oxygens (including phenoxy) is 1. The van der Waals surface area contributed by atoms with Crippen molar-refractivity contribution in [2.24, 2.45) is 5.14 Å². The fourth-order valence-electron chi connectivity index (χ4n) is 3.51. The number of fused-ring (bicyclic) bond motifs is 1. The van der Waals surface area contributed by atoms with E-state index < -0.39 is 34.2 Å². The number of hydrogen-bond acceptors (Lipinski definition) is 4. The van der Waals surface area contributed by atoms with Crippen LogP contribution in [0.2, 0.25) is 0 Å². The molecule has 0 amide bonds. The van der Waals surface area contributed by atoms with Crippen LogP contribution in [0, 0.1) is 0 Å². The zero-order chi connectivity index (χ0) is 27.0. The Bertz CT molecular complexity index is 1550. The predicted molar refractivity (Wildman–Crippen MR) is 125 cm³/mol. The van der Waals surface area contributed by atoms with Crippen LogP contribution in [-0.4, -0.2) is 36.8 Å². The van der Waals surface area contributed by atoms with Crippen LogP contribution in [-0.2, 0) is 10.0 Å². The number of nitrogens with zero attached hydrogens (tertiary/aromatic N) is 1. The molecule has 0 aliphatic carbocycles. The van der Waals surface area contributed by atoms with Crippen LogP contribution >= 0.6 is 0 Å². The number of hydrogen-bond donors (Lipinski definition) is 2. The number of nitrogens with two attached hydrogens (primary N) is 1. The summed E-state index contributed by atoms with van der Waals surface area (Å²) < 4.78 is 104. The van der Waals surface area contributed by atoms with Gasteiger partial charge in [-0.05, 0) is 47.5 Å². The van der Waals surface area contributed by atoms with E-state index >= 15 is 0 Å². The van der Waals surface area contributed by atoms with Crippen molar-refractivity contribution in [1.29, 1.82) is 0 Å². The fraction of sp³-hybridized carbons (Fsp3) is 0.125. The molecule has 13 heteroatoms. The second kappa shape index (κ2) is 9.56. The maximum absolute atomic E-state index is 12.7. The Morgan fingerprint density at radius 3 is 2.16 bits per heavy atom. The number of aromatic nitrogens is 2. The molecule has 4 rings (SSSR count). The van der Waals surface area contributed by atoms with Crippen LogP contribution in [0.25, 0.3) is 34.3 Å². The summed E-state index contributed by atoms with van der Waals surface area (Å²) in [5.74, 6) is -0.186. The minimum absolute atomic E-state index is 0.0331. The van der Waals surface area contributed by atoms with Crippen LogP contribution in [0.4, 0.5) is 26.3 Å². The highest BCUT2D eigenvalue weighted by atomic mass is 32.2. The standard InChI is InChI=1S/C24H17F6N3O3S/c25-23(26,27)22(24(28,29)30)36-16-9-5-14(6-10-16)7-12-21-32-18-11-8-15(13-19(18)33-21)17-3-1-2-4-20(17)37(31,34)35/h1-13,22H,(H,32,33)(H2,31,34,35)/b12-7+. The first-order valence-electron chi connectivity index (χ1n) is 10.4. The Balaban J connectivity index is 1.54. The lowest BCUT2D eigenvalue weighted by Gasteiger charge is -2.23. The van der Waals surface area contributed by atoms with Crippen molar-refractivity contribution in [3.63, 3.8) is 0 Å². The van der Waals surface area contributed by atoms with Gasteiger partial charge in [0.2, 0.25) is 10.0 Å². The van der Waals surface area contributed by atoms with Gasteiger partial charge in [-0.15, -0.1) is 0 Å². The molecule has 0 unspecified atom stereocenters. The number of H-pyrrole nitrogens is 1. The summed E-state index contributed by atoms with van der Waals surface area (Å²) in [6.07, 6.45) is -12.1. The van der Waals surface area contributed by atoms with Gasteiger partial charge < -0.3 is 9.72 Å². The summed E-state index contributed by atoms with van der Waals surface area (Å²) in [6.45, 7) is 0. The van der Waals surface area contributed by atoms with Crippen molar-refractivity contribution in [3.8, 4) is 16.9 Å². The Kier molecular flexibility index (Phi) is 6.78. The minimum atomic E-state index is -5.61. The van der Waals surface area contributed by atoms with Crippen LogP contribution in [0.3, 0.4) is 0 Å². The molecule has 0 aliphatic heterocycles. The number of nitrogens with one attached hydrogen (secondary N) is 1. The quantitative estimate of drug-likeness (QED) is 0.296. The van der Waals surface area contributed by atoms with Crippen LogP contribution in [0.5, 0.6) is 5.75 Å². The molecule has 1 heterocycles. The molecule has 0 atom stereocenters. The molecular weight excluding hydrogens is 524 g/mol. The SMILES string of the molecule is NS(=O)(=O)c1ccccc1-c1ccc2[nH]c(/C=C/c3ccc(OC(C(F)(F)F)C(F)(F)F)cc3)nc2c1. The Labute approximate surface area is 206 Å². The van der Waals surface area contributed by atoms with Crippen molar-refractivity contribution in [2.45, 2.75) is 23.4 Å². The normalized spacial score (nSPS) is 13.1. The van der Waals surface area contributed by atoms with Crippen LogP contribution in [0.1, 0.15) is 11.4 Å². The molecule has 1 aromatic heterocycles. The molecule has 194 valence electrons. The molecule has 0 spiro atoms. The summed E-state index contributed by atoms with van der Waals surface area (Å²) in [7, 11) is -3.95. The van der Waals surface area contributed by atoms with Gasteiger partial charge in [0.25, 0.3) is 6.10 Å². The van der Waals surface area contributed by atoms with Crippen LogP contribution < -0.4 is 9.88 Å². The van der Waals surface area contributed by atoms with E-state index in [1.165, 1.54) is 18.2 Å². The Morgan fingerprint density at radius 2 is 1.54 bits per heavy atom. The number of aromatic amines is 1. The van der Waals surface area contributed by atoms with Gasteiger partial charge >= 0.3 is 12.4 Å². The van der Waals surface area contributed by atoms with Crippen molar-refractivity contribution in [2.75, 3.05) is 0 Å². The number of benzene rings is 3. The first-order valence-corrected chi connectivity index (χ1v) is 12.0. The Hall–Kier alpha value is -3.84. The van der Waals surface area contributed by atoms with Crippen molar-refractivity contribution < 1.29 is 39.5 Å². The monoisotopic (exact) mass is 541 g/mol. The lowest BCUT2D eigenvalue weighted by molar-refractivity contribution is -0.299. The first-order chi connectivity index (χ1) is 17.2. The highest BCUT2D eigenvalue weighted by Crippen LogP contribution is 2.36. The molecule has 4 aromatic rings.